The summed E-state index contributed by atoms with van der Waals surface area (Å²) in [5, 5.41) is 0. The van der Waals surface area contributed by atoms with Gasteiger partial charge in [-0.3, -0.25) is 0 Å². The van der Waals surface area contributed by atoms with E-state index in [1.54, 1.807) is 0 Å². The molecule has 0 aliphatic rings. The summed E-state index contributed by atoms with van der Waals surface area (Å²) in [4.78, 5) is 0. The van der Waals surface area contributed by atoms with E-state index in [0.717, 1.165) is 0 Å². The highest BCUT2D eigenvalue weighted by atomic mass is 32.1. The van der Waals surface area contributed by atoms with Crippen LogP contribution in [0.1, 0.15) is 74.1 Å². The van der Waals surface area contributed by atoms with E-state index in [-0.39, 0.29) is 10.2 Å². The molecule has 0 aromatic rings. The molecular weight excluding hydrogens is 200 g/mol. The summed E-state index contributed by atoms with van der Waals surface area (Å²) < 4.78 is 0.127. The van der Waals surface area contributed by atoms with Crippen LogP contribution < -0.4 is 0 Å². The smallest absolute Gasteiger partial charge is 0.0157 e. The quantitative estimate of drug-likeness (QED) is 0.586. The Morgan fingerprint density at radius 1 is 0.867 bits per heavy atom. The lowest BCUT2D eigenvalue weighted by atomic mass is 9.57. The van der Waals surface area contributed by atoms with Crippen LogP contribution in [0.2, 0.25) is 0 Å². The Balaban J connectivity index is 5.08. The van der Waals surface area contributed by atoms with Gasteiger partial charge in [0.25, 0.3) is 0 Å². The van der Waals surface area contributed by atoms with Crippen molar-refractivity contribution in [3.63, 3.8) is 0 Å². The molecule has 92 valence electrons. The summed E-state index contributed by atoms with van der Waals surface area (Å²) in [5.41, 5.74) is 0.654. The topological polar surface area (TPSA) is 0 Å². The van der Waals surface area contributed by atoms with Crippen LogP contribution in [-0.2, 0) is 0 Å². The highest BCUT2D eigenvalue weighted by molar-refractivity contribution is 7.81. The van der Waals surface area contributed by atoms with Gasteiger partial charge in [0.1, 0.15) is 0 Å². The van der Waals surface area contributed by atoms with Crippen molar-refractivity contribution in [1.82, 2.24) is 0 Å². The third-order valence-electron chi connectivity index (χ3n) is 5.15. The van der Waals surface area contributed by atoms with Crippen LogP contribution in [-0.4, -0.2) is 4.75 Å². The van der Waals surface area contributed by atoms with E-state index in [2.05, 4.69) is 48.5 Å². The molecule has 1 atom stereocenters. The molecule has 0 nitrogen and oxygen atoms in total. The molecule has 0 aromatic carbocycles. The number of hydrogen-bond acceptors (Lipinski definition) is 1. The van der Waals surface area contributed by atoms with Gasteiger partial charge in [0, 0.05) is 4.75 Å². The fraction of sp³-hybridized carbons (Fsp3) is 1.00. The lowest BCUT2D eigenvalue weighted by Crippen LogP contribution is -2.48. The van der Waals surface area contributed by atoms with Gasteiger partial charge in [-0.2, -0.15) is 12.6 Å². The van der Waals surface area contributed by atoms with Crippen molar-refractivity contribution in [1.29, 1.82) is 0 Å². The van der Waals surface area contributed by atoms with E-state index >= 15 is 0 Å². The molecule has 1 unspecified atom stereocenters. The fourth-order valence-corrected chi connectivity index (χ4v) is 3.08. The summed E-state index contributed by atoms with van der Waals surface area (Å²) >= 11 is 4.95. The minimum atomic E-state index is 0.127. The molecule has 0 amide bonds. The van der Waals surface area contributed by atoms with Crippen LogP contribution in [0.15, 0.2) is 0 Å². The maximum atomic E-state index is 4.95. The highest BCUT2D eigenvalue weighted by Gasteiger charge is 2.48. The minimum absolute atomic E-state index is 0.127. The summed E-state index contributed by atoms with van der Waals surface area (Å²) in [7, 11) is 0. The van der Waals surface area contributed by atoms with E-state index in [9.17, 15) is 0 Å². The molecule has 0 fully saturated rings. The monoisotopic (exact) mass is 230 g/mol. The second-order valence-electron chi connectivity index (χ2n) is 5.92. The molecule has 0 bridgehead atoms. The summed E-state index contributed by atoms with van der Waals surface area (Å²) in [5.74, 6) is 0. The van der Waals surface area contributed by atoms with Gasteiger partial charge in [-0.1, -0.05) is 67.7 Å². The molecule has 0 heterocycles. The minimum Gasteiger partial charge on any atom is -0.172 e. The Kier molecular flexibility index (Phi) is 5.24. The van der Waals surface area contributed by atoms with Crippen LogP contribution in [0.25, 0.3) is 0 Å². The third kappa shape index (κ3) is 2.72. The zero-order valence-corrected chi connectivity index (χ0v) is 12.7. The Hall–Kier alpha value is 0.350. The van der Waals surface area contributed by atoms with Crippen LogP contribution in [0.5, 0.6) is 0 Å². The van der Waals surface area contributed by atoms with Crippen LogP contribution in [0.4, 0.5) is 0 Å². The zero-order chi connectivity index (χ0) is 12.3. The van der Waals surface area contributed by atoms with Gasteiger partial charge in [-0.25, -0.2) is 0 Å². The van der Waals surface area contributed by atoms with Crippen molar-refractivity contribution in [2.24, 2.45) is 10.8 Å². The van der Waals surface area contributed by atoms with Crippen LogP contribution in [0, 0.1) is 10.8 Å². The number of rotatable bonds is 6. The normalized spacial score (nSPS) is 17.6. The van der Waals surface area contributed by atoms with Crippen LogP contribution >= 0.6 is 12.6 Å². The standard InChI is InChI=1S/C14H30S/c1-8-11-14(7,15)12(4,5)13(6,9-2)10-3/h15H,8-11H2,1-7H3. The Morgan fingerprint density at radius 3 is 1.53 bits per heavy atom. The van der Waals surface area contributed by atoms with Crippen molar-refractivity contribution >= 4 is 12.6 Å². The summed E-state index contributed by atoms with van der Waals surface area (Å²) in [6, 6.07) is 0. The van der Waals surface area contributed by atoms with Gasteiger partial charge in [0.15, 0.2) is 0 Å². The average molecular weight is 230 g/mol. The largest absolute Gasteiger partial charge is 0.172 e. The second-order valence-corrected chi connectivity index (χ2v) is 6.90. The molecular formula is C14H30S. The molecule has 0 rings (SSSR count). The molecule has 1 heteroatoms. The van der Waals surface area contributed by atoms with Crippen molar-refractivity contribution in [3.05, 3.63) is 0 Å². The summed E-state index contributed by atoms with van der Waals surface area (Å²) in [6.45, 7) is 16.4. The second kappa shape index (κ2) is 5.12. The van der Waals surface area contributed by atoms with Crippen molar-refractivity contribution < 1.29 is 0 Å². The van der Waals surface area contributed by atoms with E-state index in [0.29, 0.717) is 5.41 Å². The molecule has 0 aliphatic heterocycles. The highest BCUT2D eigenvalue weighted by Crippen LogP contribution is 2.54. The van der Waals surface area contributed by atoms with E-state index in [4.69, 9.17) is 12.6 Å². The van der Waals surface area contributed by atoms with Crippen molar-refractivity contribution in [3.8, 4) is 0 Å². The van der Waals surface area contributed by atoms with Crippen LogP contribution in [0.3, 0.4) is 0 Å². The maximum Gasteiger partial charge on any atom is 0.0157 e. The first-order chi connectivity index (χ1) is 6.68. The first-order valence-corrected chi connectivity index (χ1v) is 6.85. The summed E-state index contributed by atoms with van der Waals surface area (Å²) in [6.07, 6.45) is 4.87. The van der Waals surface area contributed by atoms with Gasteiger partial charge < -0.3 is 0 Å². The zero-order valence-electron chi connectivity index (χ0n) is 11.8. The Morgan fingerprint density at radius 2 is 1.27 bits per heavy atom. The predicted molar refractivity (Wildman–Crippen MR) is 74.8 cm³/mol. The number of thiol groups is 1. The van der Waals surface area contributed by atoms with Gasteiger partial charge >= 0.3 is 0 Å². The number of hydrogen-bond donors (Lipinski definition) is 1. The molecule has 0 aromatic heterocycles. The van der Waals surface area contributed by atoms with Gasteiger partial charge in [0.05, 0.1) is 0 Å². The van der Waals surface area contributed by atoms with Gasteiger partial charge in [-0.15, -0.1) is 0 Å². The lowest BCUT2D eigenvalue weighted by molar-refractivity contribution is 0.0381. The lowest BCUT2D eigenvalue weighted by Gasteiger charge is -2.53. The molecule has 0 radical (unpaired) electrons. The first kappa shape index (κ1) is 15.3. The van der Waals surface area contributed by atoms with E-state index in [1.165, 1.54) is 25.7 Å². The van der Waals surface area contributed by atoms with Gasteiger partial charge in [0.2, 0.25) is 0 Å². The Bertz CT molecular complexity index is 188. The maximum absolute atomic E-state index is 4.95. The molecule has 0 N–H and O–H groups in total. The molecule has 0 saturated heterocycles. The molecule has 15 heavy (non-hydrogen) atoms. The molecule has 0 saturated carbocycles. The van der Waals surface area contributed by atoms with Gasteiger partial charge in [-0.05, 0) is 17.3 Å². The van der Waals surface area contributed by atoms with Crippen molar-refractivity contribution in [2.75, 3.05) is 0 Å². The van der Waals surface area contributed by atoms with E-state index < -0.39 is 0 Å². The molecule has 0 aliphatic carbocycles. The predicted octanol–water partition coefficient (Wildman–Crippen LogP) is 5.33. The third-order valence-corrected chi connectivity index (χ3v) is 5.94. The average Bonchev–Trinajstić information content (AvgIpc) is 2.16. The molecule has 0 spiro atoms. The fourth-order valence-electron chi connectivity index (χ4n) is 2.58. The Labute approximate surface area is 103 Å². The van der Waals surface area contributed by atoms with Crippen molar-refractivity contribution in [2.45, 2.75) is 78.9 Å². The SMILES string of the molecule is CCCC(C)(S)C(C)(C)C(C)(CC)CC. The van der Waals surface area contributed by atoms with E-state index in [1.807, 2.05) is 0 Å². The first-order valence-electron chi connectivity index (χ1n) is 6.41.